The molecule has 1 fully saturated rings. The zero-order valence-corrected chi connectivity index (χ0v) is 58.0. The number of unbranched alkanes of at least 4 members (excludes halogenated alkanes) is 53. The molecule has 0 bridgehead atoms. The average molecular weight is 1250 g/mol. The zero-order valence-electron chi connectivity index (χ0n) is 58.0. The van der Waals surface area contributed by atoms with E-state index < -0.39 is 49.5 Å². The van der Waals surface area contributed by atoms with Crippen molar-refractivity contribution in [1.82, 2.24) is 5.32 Å². The molecule has 0 aromatic rings. The molecule has 520 valence electrons. The number of amides is 1. The van der Waals surface area contributed by atoms with Crippen molar-refractivity contribution in [2.24, 2.45) is 0 Å². The molecule has 1 aliphatic heterocycles. The van der Waals surface area contributed by atoms with Gasteiger partial charge in [0.15, 0.2) is 6.29 Å². The van der Waals surface area contributed by atoms with Gasteiger partial charge in [-0.15, -0.1) is 0 Å². The molecule has 1 heterocycles. The smallest absolute Gasteiger partial charge is 0.305 e. The van der Waals surface area contributed by atoms with Crippen molar-refractivity contribution in [3.63, 3.8) is 0 Å². The number of rotatable bonds is 69. The van der Waals surface area contributed by atoms with E-state index in [0.29, 0.717) is 19.4 Å². The van der Waals surface area contributed by atoms with E-state index in [1.165, 1.54) is 308 Å². The van der Waals surface area contributed by atoms with Crippen molar-refractivity contribution in [2.45, 2.75) is 436 Å². The van der Waals surface area contributed by atoms with Gasteiger partial charge in [0.25, 0.3) is 0 Å². The van der Waals surface area contributed by atoms with Gasteiger partial charge in [0.05, 0.1) is 32.0 Å². The summed E-state index contributed by atoms with van der Waals surface area (Å²) in [6.07, 6.45) is 75.0. The summed E-state index contributed by atoms with van der Waals surface area (Å²) in [5.74, 6) is -0.167. The minimum atomic E-state index is -1.57. The maximum absolute atomic E-state index is 13.0. The number of allylic oxidation sites excluding steroid dienone is 3. The molecular formula is C77H147NO10. The number of carbonyl (C=O) groups excluding carboxylic acids is 2. The first-order valence-corrected chi connectivity index (χ1v) is 38.6. The molecule has 7 unspecified atom stereocenters. The highest BCUT2D eigenvalue weighted by Crippen LogP contribution is 2.24. The summed E-state index contributed by atoms with van der Waals surface area (Å²) in [5, 5.41) is 54.4. The molecule has 1 saturated heterocycles. The van der Waals surface area contributed by atoms with Crippen molar-refractivity contribution < 1.29 is 49.3 Å². The third-order valence-electron chi connectivity index (χ3n) is 18.6. The van der Waals surface area contributed by atoms with Gasteiger partial charge in [-0.1, -0.05) is 346 Å². The Kier molecular flexibility index (Phi) is 63.7. The summed E-state index contributed by atoms with van der Waals surface area (Å²) >= 11 is 0. The minimum absolute atomic E-state index is 0.00866. The molecule has 0 spiro atoms. The van der Waals surface area contributed by atoms with E-state index in [-0.39, 0.29) is 18.5 Å². The molecule has 88 heavy (non-hydrogen) atoms. The Hall–Kier alpha value is -1.86. The quantitative estimate of drug-likeness (QED) is 0.0195. The Labute approximate surface area is 543 Å². The van der Waals surface area contributed by atoms with Crippen molar-refractivity contribution in [1.29, 1.82) is 0 Å². The van der Waals surface area contributed by atoms with Crippen LogP contribution in [0.3, 0.4) is 0 Å². The van der Waals surface area contributed by atoms with Crippen molar-refractivity contribution in [3.05, 3.63) is 24.3 Å². The van der Waals surface area contributed by atoms with Gasteiger partial charge in [0.1, 0.15) is 24.4 Å². The van der Waals surface area contributed by atoms with E-state index in [1.807, 2.05) is 6.08 Å². The van der Waals surface area contributed by atoms with Crippen LogP contribution in [0.2, 0.25) is 0 Å². The number of aliphatic hydroxyl groups is 5. The standard InChI is InChI=1S/C77H147NO10/c1-3-5-7-9-11-13-15-16-38-42-45-49-53-57-61-65-73(82)86-66-62-58-54-50-46-43-40-37-35-33-31-29-27-25-23-21-19-17-18-20-22-24-26-28-30-32-34-36-39-41-44-48-52-56-60-64-72(81)78-69(68-87-77-76(85)75(84)74(83)71(67-79)88-77)70(80)63-59-55-51-47-14-12-10-8-6-4-2/h16,38,59,63,69-71,74-77,79-80,83-85H,3-15,17-37,39-58,60-62,64-68H2,1-2H3,(H,78,81)/b38-16-,63-59+. The lowest BCUT2D eigenvalue weighted by Gasteiger charge is -2.40. The highest BCUT2D eigenvalue weighted by Gasteiger charge is 2.44. The molecule has 0 radical (unpaired) electrons. The second-order valence-electron chi connectivity index (χ2n) is 27.1. The van der Waals surface area contributed by atoms with E-state index in [2.05, 4.69) is 31.3 Å². The molecule has 0 saturated carbocycles. The van der Waals surface area contributed by atoms with Gasteiger partial charge in [-0.25, -0.2) is 0 Å². The summed E-state index contributed by atoms with van der Waals surface area (Å²) in [6, 6.07) is -0.804. The predicted octanol–water partition coefficient (Wildman–Crippen LogP) is 20.4. The number of aliphatic hydroxyl groups excluding tert-OH is 5. The van der Waals surface area contributed by atoms with Crippen LogP contribution in [0.1, 0.15) is 393 Å². The van der Waals surface area contributed by atoms with Crippen LogP contribution in [0.15, 0.2) is 24.3 Å². The third kappa shape index (κ3) is 54.7. The molecule has 0 aliphatic carbocycles. The fourth-order valence-electron chi connectivity index (χ4n) is 12.5. The van der Waals surface area contributed by atoms with Gasteiger partial charge in [-0.2, -0.15) is 0 Å². The summed E-state index contributed by atoms with van der Waals surface area (Å²) in [6.45, 7) is 4.37. The molecule has 1 rings (SSSR count). The van der Waals surface area contributed by atoms with Crippen molar-refractivity contribution >= 4 is 11.9 Å². The normalized spacial score (nSPS) is 17.8. The zero-order chi connectivity index (χ0) is 63.7. The molecular weight excluding hydrogens is 1100 g/mol. The number of nitrogens with one attached hydrogen (secondary N) is 1. The monoisotopic (exact) mass is 1250 g/mol. The van der Waals surface area contributed by atoms with Crippen LogP contribution in [-0.2, 0) is 23.8 Å². The lowest BCUT2D eigenvalue weighted by Crippen LogP contribution is -2.60. The Morgan fingerprint density at radius 2 is 0.727 bits per heavy atom. The number of esters is 1. The molecule has 1 aliphatic rings. The van der Waals surface area contributed by atoms with Crippen LogP contribution in [-0.4, -0.2) is 100 Å². The Morgan fingerprint density at radius 3 is 1.09 bits per heavy atom. The fourth-order valence-corrected chi connectivity index (χ4v) is 12.5. The van der Waals surface area contributed by atoms with Gasteiger partial charge in [-0.05, 0) is 57.8 Å². The van der Waals surface area contributed by atoms with Gasteiger partial charge in [0, 0.05) is 12.8 Å². The number of carbonyl (C=O) groups is 2. The Balaban J connectivity index is 1.86. The molecule has 6 N–H and O–H groups in total. The lowest BCUT2D eigenvalue weighted by atomic mass is 9.99. The van der Waals surface area contributed by atoms with E-state index in [4.69, 9.17) is 14.2 Å². The highest BCUT2D eigenvalue weighted by molar-refractivity contribution is 5.76. The number of hydrogen-bond donors (Lipinski definition) is 6. The maximum Gasteiger partial charge on any atom is 0.305 e. The lowest BCUT2D eigenvalue weighted by molar-refractivity contribution is -0.302. The van der Waals surface area contributed by atoms with Gasteiger partial charge < -0.3 is 45.1 Å². The molecule has 11 heteroatoms. The molecule has 1 amide bonds. The SMILES string of the molecule is CCCCCCCC/C=C\CCCCCCCC(=O)OCCCCCCCCCCCCCCCCCCCCCCCCCCCCCCCCCCCCCC(=O)NC(COC1OC(CO)C(O)C(O)C1O)C(O)/C=C/CCCCCCCCCC. The molecule has 7 atom stereocenters. The first-order valence-electron chi connectivity index (χ1n) is 38.6. The molecule has 0 aromatic carbocycles. The van der Waals surface area contributed by atoms with E-state index in [9.17, 15) is 35.1 Å². The topological polar surface area (TPSA) is 175 Å². The van der Waals surface area contributed by atoms with Crippen LogP contribution in [0.25, 0.3) is 0 Å². The van der Waals surface area contributed by atoms with Crippen molar-refractivity contribution in [2.75, 3.05) is 19.8 Å². The van der Waals surface area contributed by atoms with Gasteiger partial charge >= 0.3 is 5.97 Å². The van der Waals surface area contributed by atoms with E-state index >= 15 is 0 Å². The predicted molar refractivity (Wildman–Crippen MR) is 371 cm³/mol. The van der Waals surface area contributed by atoms with Crippen molar-refractivity contribution in [3.8, 4) is 0 Å². The van der Waals surface area contributed by atoms with E-state index in [0.717, 1.165) is 57.8 Å². The third-order valence-corrected chi connectivity index (χ3v) is 18.6. The van der Waals surface area contributed by atoms with Crippen LogP contribution in [0, 0.1) is 0 Å². The van der Waals surface area contributed by atoms with Crippen LogP contribution < -0.4 is 5.32 Å². The summed E-state index contributed by atoms with van der Waals surface area (Å²) in [4.78, 5) is 25.1. The molecule has 0 aromatic heterocycles. The second kappa shape index (κ2) is 66.6. The minimum Gasteiger partial charge on any atom is -0.466 e. The first kappa shape index (κ1) is 84.2. The first-order chi connectivity index (χ1) is 43.2. The van der Waals surface area contributed by atoms with Crippen LogP contribution >= 0.6 is 0 Å². The molecule has 11 nitrogen and oxygen atoms in total. The summed E-state index contributed by atoms with van der Waals surface area (Å²) < 4.78 is 16.7. The van der Waals surface area contributed by atoms with E-state index in [1.54, 1.807) is 6.08 Å². The van der Waals surface area contributed by atoms with Crippen LogP contribution in [0.5, 0.6) is 0 Å². The summed E-state index contributed by atoms with van der Waals surface area (Å²) in [5.41, 5.74) is 0. The Bertz CT molecular complexity index is 1510. The van der Waals surface area contributed by atoms with Crippen LogP contribution in [0.4, 0.5) is 0 Å². The van der Waals surface area contributed by atoms with Gasteiger partial charge in [-0.3, -0.25) is 9.59 Å². The summed E-state index contributed by atoms with van der Waals surface area (Å²) in [7, 11) is 0. The van der Waals surface area contributed by atoms with Gasteiger partial charge in [0.2, 0.25) is 5.91 Å². The second-order valence-corrected chi connectivity index (χ2v) is 27.1. The maximum atomic E-state index is 13.0. The Morgan fingerprint density at radius 1 is 0.409 bits per heavy atom. The number of ether oxygens (including phenoxy) is 3. The highest BCUT2D eigenvalue weighted by atomic mass is 16.7. The average Bonchev–Trinajstić information content (AvgIpc) is 3.63. The fraction of sp³-hybridized carbons (Fsp3) is 0.922. The number of hydrogen-bond acceptors (Lipinski definition) is 10. The largest absolute Gasteiger partial charge is 0.466 e.